The highest BCUT2D eigenvalue weighted by atomic mass is 16.2. The van der Waals surface area contributed by atoms with Crippen LogP contribution in [0.3, 0.4) is 0 Å². The van der Waals surface area contributed by atoms with Gasteiger partial charge in [-0.05, 0) is 68.5 Å². The van der Waals surface area contributed by atoms with E-state index in [-0.39, 0.29) is 24.1 Å². The summed E-state index contributed by atoms with van der Waals surface area (Å²) in [4.78, 5) is 46.6. The van der Waals surface area contributed by atoms with Gasteiger partial charge in [-0.15, -0.1) is 0 Å². The summed E-state index contributed by atoms with van der Waals surface area (Å²) in [7, 11) is 0. The predicted octanol–water partition coefficient (Wildman–Crippen LogP) is 4.74. The van der Waals surface area contributed by atoms with Crippen molar-refractivity contribution < 1.29 is 14.4 Å². The molecule has 1 atom stereocenters. The molecule has 0 fully saturated rings. The lowest BCUT2D eigenvalue weighted by molar-refractivity contribution is -0.119. The standard InChI is InChI=1S/C28H29N3O3/c1-19-9-6-10-20(2)26(19)30(16-8-12-22-11-7-15-29-18-22)25(32)17-21(3)31-27(33)23-13-4-5-14-24(23)28(31)34/h4-7,9-11,13-15,18,21H,8,12,16-17H2,1-3H3. The highest BCUT2D eigenvalue weighted by Gasteiger charge is 2.39. The third-order valence-electron chi connectivity index (χ3n) is 6.32. The van der Waals surface area contributed by atoms with Gasteiger partial charge in [0, 0.05) is 37.1 Å². The molecule has 0 N–H and O–H groups in total. The minimum atomic E-state index is -0.551. The second kappa shape index (κ2) is 10.00. The van der Waals surface area contributed by atoms with E-state index in [9.17, 15) is 14.4 Å². The fourth-order valence-corrected chi connectivity index (χ4v) is 4.64. The SMILES string of the molecule is Cc1cccc(C)c1N(CCCc1cccnc1)C(=O)CC(C)N1C(=O)c2ccccc2C1=O. The van der Waals surface area contributed by atoms with Crippen molar-refractivity contribution in [1.82, 2.24) is 9.88 Å². The molecule has 1 aliphatic heterocycles. The van der Waals surface area contributed by atoms with Crippen molar-refractivity contribution in [2.24, 2.45) is 0 Å². The van der Waals surface area contributed by atoms with Crippen molar-refractivity contribution in [3.8, 4) is 0 Å². The zero-order chi connectivity index (χ0) is 24.2. The molecule has 3 amide bonds. The van der Waals surface area contributed by atoms with Crippen LogP contribution in [-0.4, -0.2) is 40.2 Å². The van der Waals surface area contributed by atoms with Gasteiger partial charge in [0.15, 0.2) is 0 Å². The lowest BCUT2D eigenvalue weighted by atomic mass is 10.0. The zero-order valence-corrected chi connectivity index (χ0v) is 19.8. The van der Waals surface area contributed by atoms with Gasteiger partial charge in [0.05, 0.1) is 11.1 Å². The molecule has 3 aromatic rings. The van der Waals surface area contributed by atoms with Crippen molar-refractivity contribution in [3.63, 3.8) is 0 Å². The summed E-state index contributed by atoms with van der Waals surface area (Å²) in [6, 6.07) is 16.2. The first kappa shape index (κ1) is 23.4. The van der Waals surface area contributed by atoms with Crippen molar-refractivity contribution in [2.45, 2.75) is 46.1 Å². The van der Waals surface area contributed by atoms with E-state index in [1.165, 1.54) is 4.90 Å². The number of rotatable bonds is 8. The van der Waals surface area contributed by atoms with Gasteiger partial charge < -0.3 is 4.90 Å². The number of aromatic nitrogens is 1. The number of pyridine rings is 1. The zero-order valence-electron chi connectivity index (χ0n) is 19.8. The lowest BCUT2D eigenvalue weighted by Gasteiger charge is -2.29. The summed E-state index contributed by atoms with van der Waals surface area (Å²) in [5.41, 5.74) is 4.85. The number of nitrogens with zero attached hydrogens (tertiary/aromatic N) is 3. The number of aryl methyl sites for hydroxylation is 3. The average molecular weight is 456 g/mol. The van der Waals surface area contributed by atoms with Crippen molar-refractivity contribution >= 4 is 23.4 Å². The molecule has 0 spiro atoms. The molecule has 0 aliphatic carbocycles. The molecule has 0 radical (unpaired) electrons. The smallest absolute Gasteiger partial charge is 0.261 e. The maximum Gasteiger partial charge on any atom is 0.261 e. The Morgan fingerprint density at radius 2 is 1.59 bits per heavy atom. The second-order valence-electron chi connectivity index (χ2n) is 8.83. The molecular weight excluding hydrogens is 426 g/mol. The van der Waals surface area contributed by atoms with Gasteiger partial charge in [0.2, 0.25) is 5.91 Å². The Morgan fingerprint density at radius 3 is 2.18 bits per heavy atom. The number of hydrogen-bond acceptors (Lipinski definition) is 4. The number of carbonyl (C=O) groups excluding carboxylic acids is 3. The van der Waals surface area contributed by atoms with Crippen LogP contribution in [0.15, 0.2) is 67.0 Å². The van der Waals surface area contributed by atoms with E-state index in [4.69, 9.17) is 0 Å². The monoisotopic (exact) mass is 455 g/mol. The summed E-state index contributed by atoms with van der Waals surface area (Å²) >= 11 is 0. The number of imide groups is 1. The molecule has 1 unspecified atom stereocenters. The minimum Gasteiger partial charge on any atom is -0.312 e. The Bertz CT molecular complexity index is 1170. The van der Waals surface area contributed by atoms with Crippen LogP contribution in [0.4, 0.5) is 5.69 Å². The molecule has 2 heterocycles. The largest absolute Gasteiger partial charge is 0.312 e. The topological polar surface area (TPSA) is 70.6 Å². The number of amides is 3. The first-order chi connectivity index (χ1) is 16.4. The van der Waals surface area contributed by atoms with E-state index < -0.39 is 6.04 Å². The molecule has 0 saturated carbocycles. The van der Waals surface area contributed by atoms with Crippen LogP contribution in [0.25, 0.3) is 0 Å². The van der Waals surface area contributed by atoms with E-state index >= 15 is 0 Å². The van der Waals surface area contributed by atoms with Crippen LogP contribution in [0.5, 0.6) is 0 Å². The van der Waals surface area contributed by atoms with E-state index in [0.717, 1.165) is 35.2 Å². The quantitative estimate of drug-likeness (QED) is 0.460. The molecule has 6 nitrogen and oxygen atoms in total. The Balaban J connectivity index is 1.53. The highest BCUT2D eigenvalue weighted by molar-refractivity contribution is 6.21. The van der Waals surface area contributed by atoms with E-state index in [1.807, 2.05) is 55.3 Å². The van der Waals surface area contributed by atoms with Gasteiger partial charge in [-0.1, -0.05) is 36.4 Å². The van der Waals surface area contributed by atoms with Crippen LogP contribution < -0.4 is 4.90 Å². The summed E-state index contributed by atoms with van der Waals surface area (Å²) in [6.07, 6.45) is 5.22. The number of hydrogen-bond donors (Lipinski definition) is 0. The Hall–Kier alpha value is -3.80. The van der Waals surface area contributed by atoms with Crippen molar-refractivity contribution in [1.29, 1.82) is 0 Å². The molecule has 6 heteroatoms. The molecule has 0 saturated heterocycles. The van der Waals surface area contributed by atoms with Crippen LogP contribution in [0.1, 0.15) is 57.2 Å². The molecule has 2 aromatic carbocycles. The minimum absolute atomic E-state index is 0.0616. The number of anilines is 1. The van der Waals surface area contributed by atoms with Gasteiger partial charge >= 0.3 is 0 Å². The van der Waals surface area contributed by atoms with Gasteiger partial charge in [-0.2, -0.15) is 0 Å². The van der Waals surface area contributed by atoms with Gasteiger partial charge in [-0.25, -0.2) is 0 Å². The van der Waals surface area contributed by atoms with Crippen molar-refractivity contribution in [3.05, 3.63) is 94.8 Å². The summed E-state index contributed by atoms with van der Waals surface area (Å²) in [6.45, 7) is 6.29. The maximum absolute atomic E-state index is 13.6. The van der Waals surface area contributed by atoms with E-state index in [2.05, 4.69) is 4.98 Å². The normalized spacial score (nSPS) is 13.7. The summed E-state index contributed by atoms with van der Waals surface area (Å²) < 4.78 is 0. The Morgan fingerprint density at radius 1 is 0.941 bits per heavy atom. The first-order valence-electron chi connectivity index (χ1n) is 11.6. The fraction of sp³-hybridized carbons (Fsp3) is 0.286. The molecular formula is C28H29N3O3. The van der Waals surface area contributed by atoms with Crippen LogP contribution >= 0.6 is 0 Å². The Kier molecular flexibility index (Phi) is 6.87. The molecule has 34 heavy (non-hydrogen) atoms. The third-order valence-corrected chi connectivity index (χ3v) is 6.32. The molecule has 174 valence electrons. The summed E-state index contributed by atoms with van der Waals surface area (Å²) in [5, 5.41) is 0. The summed E-state index contributed by atoms with van der Waals surface area (Å²) in [5.74, 6) is -0.778. The average Bonchev–Trinajstić information content (AvgIpc) is 3.08. The van der Waals surface area contributed by atoms with E-state index in [0.29, 0.717) is 17.7 Å². The van der Waals surface area contributed by atoms with Crippen molar-refractivity contribution in [2.75, 3.05) is 11.4 Å². The highest BCUT2D eigenvalue weighted by Crippen LogP contribution is 2.29. The van der Waals surface area contributed by atoms with Gasteiger partial charge in [0.25, 0.3) is 11.8 Å². The number of para-hydroxylation sites is 1. The lowest BCUT2D eigenvalue weighted by Crippen LogP contribution is -2.43. The fourth-order valence-electron chi connectivity index (χ4n) is 4.64. The van der Waals surface area contributed by atoms with Crippen LogP contribution in [-0.2, 0) is 11.2 Å². The molecule has 4 rings (SSSR count). The molecule has 1 aromatic heterocycles. The first-order valence-corrected chi connectivity index (χ1v) is 11.6. The number of benzene rings is 2. The maximum atomic E-state index is 13.6. The predicted molar refractivity (Wildman–Crippen MR) is 132 cm³/mol. The Labute approximate surface area is 200 Å². The van der Waals surface area contributed by atoms with Gasteiger partial charge in [0.1, 0.15) is 0 Å². The van der Waals surface area contributed by atoms with Crippen LogP contribution in [0.2, 0.25) is 0 Å². The second-order valence-corrected chi connectivity index (χ2v) is 8.83. The molecule has 1 aliphatic rings. The van der Waals surface area contributed by atoms with Gasteiger partial charge in [-0.3, -0.25) is 24.3 Å². The third kappa shape index (κ3) is 4.62. The number of fused-ring (bicyclic) bond motifs is 1. The van der Waals surface area contributed by atoms with Crippen LogP contribution in [0, 0.1) is 13.8 Å². The number of carbonyl (C=O) groups is 3. The molecule has 0 bridgehead atoms. The van der Waals surface area contributed by atoms with E-state index in [1.54, 1.807) is 37.4 Å².